The van der Waals surface area contributed by atoms with Gasteiger partial charge in [-0.1, -0.05) is 18.5 Å². The molecule has 1 unspecified atom stereocenters. The zero-order chi connectivity index (χ0) is 13.0. The fourth-order valence-corrected chi connectivity index (χ4v) is 1.70. The largest absolute Gasteiger partial charge is 0.487 e. The summed E-state index contributed by atoms with van der Waals surface area (Å²) in [5.74, 6) is 0.803. The smallest absolute Gasteiger partial charge is 0.132 e. The van der Waals surface area contributed by atoms with Crippen LogP contribution < -0.4 is 4.74 Å². The highest BCUT2D eigenvalue weighted by Crippen LogP contribution is 2.17. The van der Waals surface area contributed by atoms with Crippen molar-refractivity contribution in [1.82, 2.24) is 9.78 Å². The van der Waals surface area contributed by atoms with Gasteiger partial charge in [0.05, 0.1) is 5.69 Å². The number of benzene rings is 1. The molecule has 2 aromatic rings. The SMILES string of the molecule is CCC(C)n1ccc(COc2ccc(Cl)cc2)n1. The van der Waals surface area contributed by atoms with E-state index < -0.39 is 0 Å². The van der Waals surface area contributed by atoms with E-state index in [4.69, 9.17) is 16.3 Å². The normalized spacial score (nSPS) is 12.4. The molecule has 0 fully saturated rings. The Balaban J connectivity index is 1.94. The third-order valence-corrected chi connectivity index (χ3v) is 3.16. The molecule has 4 heteroatoms. The third kappa shape index (κ3) is 3.26. The van der Waals surface area contributed by atoms with Crippen molar-refractivity contribution >= 4 is 11.6 Å². The molecule has 0 bridgehead atoms. The molecule has 1 heterocycles. The monoisotopic (exact) mass is 264 g/mol. The summed E-state index contributed by atoms with van der Waals surface area (Å²) in [4.78, 5) is 0. The second kappa shape index (κ2) is 5.91. The highest BCUT2D eigenvalue weighted by atomic mass is 35.5. The molecular formula is C14H17ClN2O. The van der Waals surface area contributed by atoms with Gasteiger partial charge >= 0.3 is 0 Å². The molecule has 18 heavy (non-hydrogen) atoms. The fraction of sp³-hybridized carbons (Fsp3) is 0.357. The number of hydrogen-bond donors (Lipinski definition) is 0. The van der Waals surface area contributed by atoms with E-state index in [-0.39, 0.29) is 0 Å². The van der Waals surface area contributed by atoms with E-state index in [0.717, 1.165) is 17.9 Å². The van der Waals surface area contributed by atoms with Crippen LogP contribution in [0.25, 0.3) is 0 Å². The average molecular weight is 265 g/mol. The molecule has 0 aliphatic carbocycles. The van der Waals surface area contributed by atoms with E-state index in [0.29, 0.717) is 17.7 Å². The Morgan fingerprint density at radius 2 is 2.00 bits per heavy atom. The van der Waals surface area contributed by atoms with Gasteiger partial charge in [0.25, 0.3) is 0 Å². The predicted molar refractivity (Wildman–Crippen MR) is 73.0 cm³/mol. The van der Waals surface area contributed by atoms with Crippen molar-refractivity contribution < 1.29 is 4.74 Å². The summed E-state index contributed by atoms with van der Waals surface area (Å²) in [6.45, 7) is 4.78. The number of ether oxygens (including phenoxy) is 1. The van der Waals surface area contributed by atoms with Gasteiger partial charge in [-0.05, 0) is 43.7 Å². The Morgan fingerprint density at radius 1 is 1.28 bits per heavy atom. The van der Waals surface area contributed by atoms with Crippen LogP contribution in [0.4, 0.5) is 0 Å². The number of hydrogen-bond acceptors (Lipinski definition) is 2. The molecule has 0 saturated carbocycles. The molecule has 0 aliphatic heterocycles. The van der Waals surface area contributed by atoms with Crippen LogP contribution in [0.3, 0.4) is 0 Å². The van der Waals surface area contributed by atoms with Crippen LogP contribution in [0.5, 0.6) is 5.75 Å². The Bertz CT molecular complexity index is 493. The highest BCUT2D eigenvalue weighted by molar-refractivity contribution is 6.30. The number of halogens is 1. The van der Waals surface area contributed by atoms with E-state index in [1.165, 1.54) is 0 Å². The Morgan fingerprint density at radius 3 is 2.67 bits per heavy atom. The van der Waals surface area contributed by atoms with Gasteiger partial charge in [-0.3, -0.25) is 4.68 Å². The minimum absolute atomic E-state index is 0.425. The van der Waals surface area contributed by atoms with Crippen molar-refractivity contribution in [2.75, 3.05) is 0 Å². The lowest BCUT2D eigenvalue weighted by molar-refractivity contribution is 0.298. The van der Waals surface area contributed by atoms with Crippen molar-refractivity contribution in [2.24, 2.45) is 0 Å². The molecule has 96 valence electrons. The zero-order valence-electron chi connectivity index (χ0n) is 10.6. The van der Waals surface area contributed by atoms with E-state index in [1.54, 1.807) is 0 Å². The lowest BCUT2D eigenvalue weighted by Crippen LogP contribution is -2.05. The van der Waals surface area contributed by atoms with Gasteiger partial charge in [-0.2, -0.15) is 5.10 Å². The first-order chi connectivity index (χ1) is 8.69. The van der Waals surface area contributed by atoms with Crippen LogP contribution in [0, 0.1) is 0 Å². The Hall–Kier alpha value is -1.48. The van der Waals surface area contributed by atoms with Crippen molar-refractivity contribution in [3.05, 3.63) is 47.2 Å². The van der Waals surface area contributed by atoms with Gasteiger partial charge in [0.1, 0.15) is 12.4 Å². The summed E-state index contributed by atoms with van der Waals surface area (Å²) >= 11 is 5.81. The second-order valence-electron chi connectivity index (χ2n) is 4.29. The first-order valence-electron chi connectivity index (χ1n) is 6.11. The first-order valence-corrected chi connectivity index (χ1v) is 6.49. The maximum Gasteiger partial charge on any atom is 0.132 e. The molecule has 1 aromatic heterocycles. The van der Waals surface area contributed by atoms with Gasteiger partial charge in [0.15, 0.2) is 0 Å². The van der Waals surface area contributed by atoms with Gasteiger partial charge in [-0.25, -0.2) is 0 Å². The molecule has 0 saturated heterocycles. The summed E-state index contributed by atoms with van der Waals surface area (Å²) < 4.78 is 7.61. The Labute approximate surface area is 112 Å². The maximum atomic E-state index is 5.81. The summed E-state index contributed by atoms with van der Waals surface area (Å²) in [5.41, 5.74) is 0.935. The van der Waals surface area contributed by atoms with Crippen LogP contribution in [0.1, 0.15) is 32.0 Å². The standard InChI is InChI=1S/C14H17ClN2O/c1-3-11(2)17-9-8-13(16-17)10-18-14-6-4-12(15)5-7-14/h4-9,11H,3,10H2,1-2H3. The fourth-order valence-electron chi connectivity index (χ4n) is 1.58. The molecule has 0 spiro atoms. The minimum Gasteiger partial charge on any atom is -0.487 e. The quantitative estimate of drug-likeness (QED) is 0.813. The van der Waals surface area contributed by atoms with Gasteiger partial charge in [0.2, 0.25) is 0 Å². The summed E-state index contributed by atoms with van der Waals surface area (Å²) in [6.07, 6.45) is 3.06. The topological polar surface area (TPSA) is 27.1 Å². The van der Waals surface area contributed by atoms with Crippen LogP contribution in [0.2, 0.25) is 5.02 Å². The van der Waals surface area contributed by atoms with Gasteiger partial charge in [0, 0.05) is 17.3 Å². The average Bonchev–Trinajstić information content (AvgIpc) is 2.86. The molecule has 3 nitrogen and oxygen atoms in total. The molecule has 0 N–H and O–H groups in total. The highest BCUT2D eigenvalue weighted by Gasteiger charge is 2.05. The van der Waals surface area contributed by atoms with Gasteiger partial charge in [-0.15, -0.1) is 0 Å². The maximum absolute atomic E-state index is 5.81. The van der Waals surface area contributed by atoms with Crippen molar-refractivity contribution in [2.45, 2.75) is 32.9 Å². The van der Waals surface area contributed by atoms with E-state index in [9.17, 15) is 0 Å². The van der Waals surface area contributed by atoms with Crippen molar-refractivity contribution in [1.29, 1.82) is 0 Å². The van der Waals surface area contributed by atoms with E-state index >= 15 is 0 Å². The van der Waals surface area contributed by atoms with Crippen LogP contribution in [0.15, 0.2) is 36.5 Å². The molecule has 2 rings (SSSR count). The molecular weight excluding hydrogens is 248 g/mol. The van der Waals surface area contributed by atoms with E-state index in [1.807, 2.05) is 41.2 Å². The van der Waals surface area contributed by atoms with Crippen LogP contribution in [-0.2, 0) is 6.61 Å². The molecule has 0 radical (unpaired) electrons. The first kappa shape index (κ1) is 13.0. The summed E-state index contributed by atoms with van der Waals surface area (Å²) in [6, 6.07) is 9.75. The Kier molecular flexibility index (Phi) is 4.26. The zero-order valence-corrected chi connectivity index (χ0v) is 11.4. The number of rotatable bonds is 5. The van der Waals surface area contributed by atoms with Crippen molar-refractivity contribution in [3.8, 4) is 5.75 Å². The minimum atomic E-state index is 0.425. The predicted octanol–water partition coefficient (Wildman–Crippen LogP) is 4.09. The lowest BCUT2D eigenvalue weighted by atomic mass is 10.3. The molecule has 1 aromatic carbocycles. The summed E-state index contributed by atoms with van der Waals surface area (Å²) in [7, 11) is 0. The number of aromatic nitrogens is 2. The second-order valence-corrected chi connectivity index (χ2v) is 4.72. The summed E-state index contributed by atoms with van der Waals surface area (Å²) in [5, 5.41) is 5.19. The molecule has 0 amide bonds. The molecule has 0 aliphatic rings. The third-order valence-electron chi connectivity index (χ3n) is 2.91. The van der Waals surface area contributed by atoms with Crippen LogP contribution >= 0.6 is 11.6 Å². The van der Waals surface area contributed by atoms with Gasteiger partial charge < -0.3 is 4.74 Å². The van der Waals surface area contributed by atoms with E-state index in [2.05, 4.69) is 18.9 Å². The van der Waals surface area contributed by atoms with Crippen molar-refractivity contribution in [3.63, 3.8) is 0 Å². The molecule has 1 atom stereocenters. The number of nitrogens with zero attached hydrogens (tertiary/aromatic N) is 2. The lowest BCUT2D eigenvalue weighted by Gasteiger charge is -2.08. The van der Waals surface area contributed by atoms with Crippen LogP contribution in [-0.4, -0.2) is 9.78 Å².